The van der Waals surface area contributed by atoms with Crippen LogP contribution in [-0.4, -0.2) is 10.9 Å². The lowest BCUT2D eigenvalue weighted by Gasteiger charge is -2.12. The molecule has 0 aromatic heterocycles. The minimum atomic E-state index is -0.303. The zero-order chi connectivity index (χ0) is 18.8. The fourth-order valence-corrected chi connectivity index (χ4v) is 3.19. The second-order valence-corrected chi connectivity index (χ2v) is 6.70. The van der Waals surface area contributed by atoms with Crippen molar-refractivity contribution in [2.75, 3.05) is 0 Å². The van der Waals surface area contributed by atoms with Crippen molar-refractivity contribution in [1.29, 1.82) is 0 Å². The highest BCUT2D eigenvalue weighted by atomic mass is 19.1. The highest BCUT2D eigenvalue weighted by molar-refractivity contribution is 5.99. The molecule has 0 amide bonds. The molecule has 3 aromatic rings. The summed E-state index contributed by atoms with van der Waals surface area (Å²) >= 11 is 0. The van der Waals surface area contributed by atoms with Crippen molar-refractivity contribution >= 4 is 5.78 Å². The molecule has 0 heterocycles. The Morgan fingerprint density at radius 1 is 0.962 bits per heavy atom. The summed E-state index contributed by atoms with van der Waals surface area (Å²) in [6, 6.07) is 15.4. The molecule has 0 saturated heterocycles. The predicted molar refractivity (Wildman–Crippen MR) is 102 cm³/mol. The number of Topliss-reactive ketones (excluding diaryl/α,β-unsaturated/α-hetero) is 1. The van der Waals surface area contributed by atoms with Gasteiger partial charge in [0.2, 0.25) is 0 Å². The molecule has 0 unspecified atom stereocenters. The van der Waals surface area contributed by atoms with Crippen LogP contribution in [0.3, 0.4) is 0 Å². The van der Waals surface area contributed by atoms with Crippen LogP contribution < -0.4 is 0 Å². The van der Waals surface area contributed by atoms with Gasteiger partial charge in [-0.3, -0.25) is 4.79 Å². The summed E-state index contributed by atoms with van der Waals surface area (Å²) in [5.74, 6) is -0.130. The van der Waals surface area contributed by atoms with Gasteiger partial charge in [0, 0.05) is 12.0 Å². The normalized spacial score (nSPS) is 10.8. The molecule has 0 spiro atoms. The number of ketones is 1. The van der Waals surface area contributed by atoms with Crippen LogP contribution in [0.5, 0.6) is 5.75 Å². The first-order valence-corrected chi connectivity index (χ1v) is 8.54. The lowest BCUT2D eigenvalue weighted by Crippen LogP contribution is -2.07. The van der Waals surface area contributed by atoms with Gasteiger partial charge in [-0.05, 0) is 84.5 Å². The van der Waals surface area contributed by atoms with E-state index in [1.807, 2.05) is 45.0 Å². The Morgan fingerprint density at radius 3 is 2.46 bits per heavy atom. The lowest BCUT2D eigenvalue weighted by molar-refractivity contribution is 0.0992. The zero-order valence-corrected chi connectivity index (χ0v) is 15.1. The third-order valence-corrected chi connectivity index (χ3v) is 4.70. The number of hydrogen-bond donors (Lipinski definition) is 1. The summed E-state index contributed by atoms with van der Waals surface area (Å²) in [4.78, 5) is 12.9. The summed E-state index contributed by atoms with van der Waals surface area (Å²) in [6.07, 6.45) is 0.220. The Labute approximate surface area is 152 Å². The van der Waals surface area contributed by atoms with Crippen LogP contribution in [0, 0.1) is 26.6 Å². The molecule has 26 heavy (non-hydrogen) atoms. The van der Waals surface area contributed by atoms with E-state index in [0.717, 1.165) is 33.4 Å². The number of hydrogen-bond acceptors (Lipinski definition) is 2. The molecule has 0 saturated carbocycles. The first-order valence-electron chi connectivity index (χ1n) is 8.54. The van der Waals surface area contributed by atoms with E-state index in [1.165, 1.54) is 12.1 Å². The summed E-state index contributed by atoms with van der Waals surface area (Å²) in [7, 11) is 0. The van der Waals surface area contributed by atoms with Crippen molar-refractivity contribution in [2.24, 2.45) is 0 Å². The third-order valence-electron chi connectivity index (χ3n) is 4.70. The van der Waals surface area contributed by atoms with Gasteiger partial charge in [0.25, 0.3) is 0 Å². The van der Waals surface area contributed by atoms with Crippen molar-refractivity contribution in [3.63, 3.8) is 0 Å². The number of halogens is 1. The highest BCUT2D eigenvalue weighted by Gasteiger charge is 2.14. The topological polar surface area (TPSA) is 37.3 Å². The number of phenols is 1. The van der Waals surface area contributed by atoms with Gasteiger partial charge in [-0.1, -0.05) is 24.3 Å². The number of carbonyl (C=O) groups excluding carboxylic acids is 1. The van der Waals surface area contributed by atoms with Gasteiger partial charge < -0.3 is 5.11 Å². The number of aromatic hydroxyl groups is 1. The minimum absolute atomic E-state index is 0.0249. The highest BCUT2D eigenvalue weighted by Crippen LogP contribution is 2.27. The van der Waals surface area contributed by atoms with Crippen LogP contribution >= 0.6 is 0 Å². The van der Waals surface area contributed by atoms with E-state index in [1.54, 1.807) is 18.2 Å². The summed E-state index contributed by atoms with van der Waals surface area (Å²) in [5, 5.41) is 9.92. The van der Waals surface area contributed by atoms with Crippen LogP contribution in [0.25, 0.3) is 11.1 Å². The van der Waals surface area contributed by atoms with E-state index in [2.05, 4.69) is 0 Å². The first-order chi connectivity index (χ1) is 12.3. The third kappa shape index (κ3) is 3.67. The van der Waals surface area contributed by atoms with Gasteiger partial charge in [-0.25, -0.2) is 4.39 Å². The maximum atomic E-state index is 13.5. The van der Waals surface area contributed by atoms with Crippen LogP contribution in [-0.2, 0) is 6.42 Å². The fourth-order valence-electron chi connectivity index (χ4n) is 3.19. The zero-order valence-electron chi connectivity index (χ0n) is 15.1. The Morgan fingerprint density at radius 2 is 1.73 bits per heavy atom. The predicted octanol–water partition coefficient (Wildman–Crippen LogP) is 5.55. The van der Waals surface area contributed by atoms with Gasteiger partial charge in [-0.2, -0.15) is 0 Å². The molecular formula is C23H21FO2. The van der Waals surface area contributed by atoms with Crippen LogP contribution in [0.15, 0.2) is 54.6 Å². The molecule has 3 rings (SSSR count). The molecule has 0 radical (unpaired) electrons. The molecule has 0 atom stereocenters. The summed E-state index contributed by atoms with van der Waals surface area (Å²) < 4.78 is 13.5. The smallest absolute Gasteiger partial charge is 0.167 e. The quantitative estimate of drug-likeness (QED) is 0.628. The second kappa shape index (κ2) is 7.12. The molecule has 0 fully saturated rings. The van der Waals surface area contributed by atoms with E-state index < -0.39 is 0 Å². The first kappa shape index (κ1) is 17.9. The van der Waals surface area contributed by atoms with Gasteiger partial charge >= 0.3 is 0 Å². The average molecular weight is 348 g/mol. The van der Waals surface area contributed by atoms with E-state index in [0.29, 0.717) is 5.56 Å². The molecule has 2 nitrogen and oxygen atoms in total. The van der Waals surface area contributed by atoms with Crippen LogP contribution in [0.4, 0.5) is 4.39 Å². The van der Waals surface area contributed by atoms with Crippen molar-refractivity contribution in [1.82, 2.24) is 0 Å². The van der Waals surface area contributed by atoms with E-state index in [9.17, 15) is 14.3 Å². The van der Waals surface area contributed by atoms with Gasteiger partial charge in [0.15, 0.2) is 5.78 Å². The Bertz CT molecular complexity index is 989. The van der Waals surface area contributed by atoms with E-state index in [-0.39, 0.29) is 23.8 Å². The number of rotatable bonds is 4. The molecule has 3 aromatic carbocycles. The fraction of sp³-hybridized carbons (Fsp3) is 0.174. The van der Waals surface area contributed by atoms with Crippen molar-refractivity contribution in [3.8, 4) is 16.9 Å². The SMILES string of the molecule is Cc1cc(C(=O)Cc2c(C)ccc(O)c2C)cc(-c2cccc(F)c2)c1. The standard InChI is InChI=1S/C23H21FO2/c1-14-9-18(17-5-4-6-20(24)12-17)11-19(10-14)23(26)13-21-15(2)7-8-22(25)16(21)3/h4-12,25H,13H2,1-3H3. The van der Waals surface area contributed by atoms with Crippen LogP contribution in [0.2, 0.25) is 0 Å². The summed E-state index contributed by atoms with van der Waals surface area (Å²) in [5.41, 5.74) is 5.65. The van der Waals surface area contributed by atoms with Crippen molar-refractivity contribution in [3.05, 3.63) is 88.2 Å². The molecule has 132 valence electrons. The van der Waals surface area contributed by atoms with Crippen molar-refractivity contribution in [2.45, 2.75) is 27.2 Å². The maximum Gasteiger partial charge on any atom is 0.167 e. The molecule has 0 aliphatic rings. The van der Waals surface area contributed by atoms with Gasteiger partial charge in [0.05, 0.1) is 0 Å². The maximum absolute atomic E-state index is 13.5. The Hall–Kier alpha value is -2.94. The molecule has 3 heteroatoms. The van der Waals surface area contributed by atoms with E-state index in [4.69, 9.17) is 0 Å². The number of carbonyl (C=O) groups is 1. The molecule has 1 N–H and O–H groups in total. The lowest BCUT2D eigenvalue weighted by atomic mass is 9.92. The van der Waals surface area contributed by atoms with Gasteiger partial charge in [-0.15, -0.1) is 0 Å². The van der Waals surface area contributed by atoms with Crippen molar-refractivity contribution < 1.29 is 14.3 Å². The largest absolute Gasteiger partial charge is 0.508 e. The number of benzene rings is 3. The second-order valence-electron chi connectivity index (χ2n) is 6.70. The average Bonchev–Trinajstić information content (AvgIpc) is 2.61. The van der Waals surface area contributed by atoms with Gasteiger partial charge in [0.1, 0.15) is 11.6 Å². The van der Waals surface area contributed by atoms with E-state index >= 15 is 0 Å². The molecule has 0 bridgehead atoms. The number of aryl methyl sites for hydroxylation is 2. The molecular weight excluding hydrogens is 327 g/mol. The number of phenolic OH excluding ortho intramolecular Hbond substituents is 1. The minimum Gasteiger partial charge on any atom is -0.508 e. The molecule has 0 aliphatic carbocycles. The van der Waals surface area contributed by atoms with Crippen LogP contribution in [0.1, 0.15) is 32.6 Å². The Balaban J connectivity index is 1.97. The molecule has 0 aliphatic heterocycles. The monoisotopic (exact) mass is 348 g/mol. The summed E-state index contributed by atoms with van der Waals surface area (Å²) in [6.45, 7) is 5.67. The Kier molecular flexibility index (Phi) is 4.90.